The van der Waals surface area contributed by atoms with Gasteiger partial charge in [-0.1, -0.05) is 215 Å². The van der Waals surface area contributed by atoms with Crippen LogP contribution in [-0.2, 0) is 27.9 Å². The van der Waals surface area contributed by atoms with E-state index in [1.807, 2.05) is 33.3 Å². The first-order valence-corrected chi connectivity index (χ1v) is 30.9. The topological polar surface area (TPSA) is 111 Å². The standard InChI is InChI=1S/C62H111N2O7P/c1-7-10-13-16-19-22-25-28-30-31-32-33-35-36-39-42-45-48-51-54-61(65)63-59(58-70-72(67,68)69-57-56-64(4,5)6)60(53-50-47-44-41-38-27-24-21-18-15-12-9-3)71-62(66)55-52-49-46-43-40-37-34-29-26-23-20-17-14-11-8-2/h19-20,22-23,26,28-30,32-33,36,39,50,53,59-60H,7-18,21,24-25,27,31,34-35,37-38,40-49,51-52,54-58H2,1-6H3,(H-,63,65,67,68)/p+1/b22-19-,23-20+,29-26+,30-28-,33-32-,39-36-,53-50-. The Kier molecular flexibility index (Phi) is 49.6. The Hall–Kier alpha value is -2.81. The fourth-order valence-corrected chi connectivity index (χ4v) is 8.71. The van der Waals surface area contributed by atoms with Gasteiger partial charge in [-0.25, -0.2) is 4.57 Å². The van der Waals surface area contributed by atoms with E-state index in [0.29, 0.717) is 17.4 Å². The van der Waals surface area contributed by atoms with Crippen molar-refractivity contribution in [1.29, 1.82) is 0 Å². The quantitative estimate of drug-likeness (QED) is 0.0156. The van der Waals surface area contributed by atoms with Crippen molar-refractivity contribution >= 4 is 19.7 Å². The van der Waals surface area contributed by atoms with Crippen LogP contribution in [0.2, 0.25) is 0 Å². The molecule has 0 radical (unpaired) electrons. The number of phosphoric acid groups is 1. The molecule has 0 saturated carbocycles. The van der Waals surface area contributed by atoms with Crippen molar-refractivity contribution in [2.75, 3.05) is 40.9 Å². The summed E-state index contributed by atoms with van der Waals surface area (Å²) in [4.78, 5) is 37.6. The van der Waals surface area contributed by atoms with E-state index in [1.54, 1.807) is 0 Å². The number of rotatable bonds is 52. The summed E-state index contributed by atoms with van der Waals surface area (Å²) in [6.45, 7) is 6.91. The van der Waals surface area contributed by atoms with Gasteiger partial charge in [0.25, 0.3) is 0 Å². The van der Waals surface area contributed by atoms with E-state index in [1.165, 1.54) is 103 Å². The van der Waals surface area contributed by atoms with Gasteiger partial charge in [-0.2, -0.15) is 0 Å². The van der Waals surface area contributed by atoms with Crippen LogP contribution in [-0.4, -0.2) is 74.3 Å². The first-order chi connectivity index (χ1) is 34.9. The number of allylic oxidation sites excluding steroid dienone is 13. The Balaban J connectivity index is 5.41. The van der Waals surface area contributed by atoms with E-state index in [4.69, 9.17) is 13.8 Å². The normalized spacial score (nSPS) is 14.4. The van der Waals surface area contributed by atoms with Crippen LogP contribution in [0.3, 0.4) is 0 Å². The van der Waals surface area contributed by atoms with E-state index in [9.17, 15) is 19.0 Å². The third kappa shape index (κ3) is 52.1. The first kappa shape index (κ1) is 69.2. The molecule has 0 bridgehead atoms. The van der Waals surface area contributed by atoms with Gasteiger partial charge >= 0.3 is 13.8 Å². The molecule has 3 unspecified atom stereocenters. The van der Waals surface area contributed by atoms with Crippen molar-refractivity contribution in [3.05, 3.63) is 85.1 Å². The minimum Gasteiger partial charge on any atom is -0.456 e. The molecule has 0 aliphatic rings. The number of carbonyl (C=O) groups excluding carboxylic acids is 2. The van der Waals surface area contributed by atoms with Gasteiger partial charge in [0.1, 0.15) is 19.3 Å². The molecule has 0 spiro atoms. The second-order valence-electron chi connectivity index (χ2n) is 20.8. The maximum absolute atomic E-state index is 13.5. The van der Waals surface area contributed by atoms with Crippen LogP contribution in [0.4, 0.5) is 0 Å². The second kappa shape index (κ2) is 51.7. The van der Waals surface area contributed by atoms with E-state index >= 15 is 0 Å². The molecule has 416 valence electrons. The van der Waals surface area contributed by atoms with Crippen LogP contribution < -0.4 is 5.32 Å². The molecule has 0 heterocycles. The zero-order chi connectivity index (χ0) is 52.9. The van der Waals surface area contributed by atoms with Gasteiger partial charge in [0.05, 0.1) is 33.8 Å². The van der Waals surface area contributed by atoms with E-state index in [2.05, 4.69) is 99.0 Å². The molecular formula is C62H112N2O7P+. The molecular weight excluding hydrogens is 916 g/mol. The van der Waals surface area contributed by atoms with Crippen LogP contribution in [0.1, 0.15) is 245 Å². The highest BCUT2D eigenvalue weighted by Crippen LogP contribution is 2.43. The number of carbonyl (C=O) groups is 2. The van der Waals surface area contributed by atoms with E-state index < -0.39 is 20.0 Å². The number of nitrogens with one attached hydrogen (secondary N) is 1. The average molecular weight is 1030 g/mol. The largest absolute Gasteiger partial charge is 0.472 e. The zero-order valence-electron chi connectivity index (χ0n) is 47.4. The van der Waals surface area contributed by atoms with Gasteiger partial charge in [-0.3, -0.25) is 18.6 Å². The Labute approximate surface area is 444 Å². The number of hydrogen-bond donors (Lipinski definition) is 2. The molecule has 0 aromatic carbocycles. The van der Waals surface area contributed by atoms with Crippen molar-refractivity contribution < 1.29 is 37.3 Å². The third-order valence-electron chi connectivity index (χ3n) is 12.6. The van der Waals surface area contributed by atoms with Crippen molar-refractivity contribution in [3.63, 3.8) is 0 Å². The van der Waals surface area contributed by atoms with Crippen molar-refractivity contribution in [2.45, 2.75) is 258 Å². The first-order valence-electron chi connectivity index (χ1n) is 29.4. The number of quaternary nitrogens is 1. The fraction of sp³-hybridized carbons (Fsp3) is 0.742. The number of esters is 1. The van der Waals surface area contributed by atoms with Gasteiger partial charge in [0.15, 0.2) is 0 Å². The summed E-state index contributed by atoms with van der Waals surface area (Å²) in [5, 5.41) is 3.03. The van der Waals surface area contributed by atoms with Gasteiger partial charge in [0, 0.05) is 12.8 Å². The van der Waals surface area contributed by atoms with Crippen molar-refractivity contribution in [1.82, 2.24) is 5.32 Å². The molecule has 0 rings (SSSR count). The predicted octanol–water partition coefficient (Wildman–Crippen LogP) is 17.8. The summed E-state index contributed by atoms with van der Waals surface area (Å²) in [7, 11) is 1.46. The minimum absolute atomic E-state index is 0.0282. The van der Waals surface area contributed by atoms with Crippen LogP contribution in [0.25, 0.3) is 0 Å². The molecule has 0 aromatic heterocycles. The molecule has 2 N–H and O–H groups in total. The smallest absolute Gasteiger partial charge is 0.456 e. The molecule has 0 saturated heterocycles. The number of likely N-dealkylation sites (N-methyl/N-ethyl adjacent to an activating group) is 1. The van der Waals surface area contributed by atoms with Crippen molar-refractivity contribution in [2.24, 2.45) is 0 Å². The molecule has 1 amide bonds. The highest BCUT2D eigenvalue weighted by molar-refractivity contribution is 7.47. The number of ether oxygens (including phenoxy) is 1. The third-order valence-corrected chi connectivity index (χ3v) is 13.6. The van der Waals surface area contributed by atoms with Crippen molar-refractivity contribution in [3.8, 4) is 0 Å². The zero-order valence-corrected chi connectivity index (χ0v) is 48.3. The lowest BCUT2D eigenvalue weighted by Gasteiger charge is -2.27. The molecule has 0 fully saturated rings. The summed E-state index contributed by atoms with van der Waals surface area (Å²) in [6.07, 6.45) is 67.1. The van der Waals surface area contributed by atoms with E-state index in [-0.39, 0.29) is 37.9 Å². The molecule has 3 atom stereocenters. The Morgan fingerprint density at radius 3 is 1.39 bits per heavy atom. The summed E-state index contributed by atoms with van der Waals surface area (Å²) in [6, 6.07) is -0.873. The maximum atomic E-state index is 13.5. The summed E-state index contributed by atoms with van der Waals surface area (Å²) in [5.74, 6) is -0.558. The molecule has 0 aromatic rings. The molecule has 0 aliphatic heterocycles. The highest BCUT2D eigenvalue weighted by atomic mass is 31.2. The number of phosphoric ester groups is 1. The Morgan fingerprint density at radius 1 is 0.500 bits per heavy atom. The molecule has 10 heteroatoms. The van der Waals surface area contributed by atoms with E-state index in [0.717, 1.165) is 103 Å². The minimum atomic E-state index is -4.46. The number of amides is 1. The molecule has 0 aliphatic carbocycles. The highest BCUT2D eigenvalue weighted by Gasteiger charge is 2.30. The number of hydrogen-bond acceptors (Lipinski definition) is 6. The lowest BCUT2D eigenvalue weighted by Crippen LogP contribution is -2.47. The fourth-order valence-electron chi connectivity index (χ4n) is 7.97. The monoisotopic (exact) mass is 1030 g/mol. The van der Waals surface area contributed by atoms with Crippen LogP contribution in [0.5, 0.6) is 0 Å². The predicted molar refractivity (Wildman–Crippen MR) is 309 cm³/mol. The lowest BCUT2D eigenvalue weighted by atomic mass is 10.0. The Morgan fingerprint density at radius 2 is 0.889 bits per heavy atom. The SMILES string of the molecule is CCCCC/C=C\C/C=C\C/C=C\C/C=C\CCCCCC(=O)NC(COP(=O)(O)OCC[N+](C)(C)C)C(/C=C\CCCCCCCCCCCC)OC(=O)CCCCCCCC/C=C/C=C/CCCCC. The average Bonchev–Trinajstić information content (AvgIpc) is 3.34. The molecule has 72 heavy (non-hydrogen) atoms. The summed E-state index contributed by atoms with van der Waals surface area (Å²) in [5.41, 5.74) is 0. The molecule has 9 nitrogen and oxygen atoms in total. The lowest BCUT2D eigenvalue weighted by molar-refractivity contribution is -0.870. The Bertz CT molecular complexity index is 1510. The van der Waals surface area contributed by atoms with Gasteiger partial charge < -0.3 is 19.4 Å². The summed E-state index contributed by atoms with van der Waals surface area (Å²) >= 11 is 0. The van der Waals surface area contributed by atoms with Crippen LogP contribution in [0.15, 0.2) is 85.1 Å². The summed E-state index contributed by atoms with van der Waals surface area (Å²) < 4.78 is 30.6. The van der Waals surface area contributed by atoms with Gasteiger partial charge in [-0.05, 0) is 102 Å². The van der Waals surface area contributed by atoms with Crippen LogP contribution >= 0.6 is 7.82 Å². The second-order valence-corrected chi connectivity index (χ2v) is 22.3. The van der Waals surface area contributed by atoms with Crippen LogP contribution in [0, 0.1) is 0 Å². The number of nitrogens with zero attached hydrogens (tertiary/aromatic N) is 1. The maximum Gasteiger partial charge on any atom is 0.472 e. The van der Waals surface area contributed by atoms with Gasteiger partial charge in [-0.15, -0.1) is 0 Å². The number of unbranched alkanes of at least 4 members (excludes halogenated alkanes) is 25. The van der Waals surface area contributed by atoms with Gasteiger partial charge in [0.2, 0.25) is 5.91 Å².